The molecule has 0 heterocycles. The molecule has 0 aromatic heterocycles. The quantitative estimate of drug-likeness (QED) is 0.0151. The van der Waals surface area contributed by atoms with E-state index in [1.807, 2.05) is 119 Å². The van der Waals surface area contributed by atoms with Gasteiger partial charge in [-0.3, -0.25) is 38.4 Å². The fraction of sp³-hybridized carbons (Fsp3) is 0.557. The molecule has 4 aromatic carbocycles. The van der Waals surface area contributed by atoms with Crippen molar-refractivity contribution in [1.29, 1.82) is 0 Å². The van der Waals surface area contributed by atoms with Crippen molar-refractivity contribution in [3.05, 3.63) is 144 Å². The van der Waals surface area contributed by atoms with Crippen molar-refractivity contribution in [2.45, 2.75) is 225 Å². The Hall–Kier alpha value is -8.87. The van der Waals surface area contributed by atoms with Gasteiger partial charge in [-0.2, -0.15) is 4.99 Å². The van der Waals surface area contributed by atoms with E-state index >= 15 is 0 Å². The minimum absolute atomic E-state index is 0. The summed E-state index contributed by atoms with van der Waals surface area (Å²) in [5.41, 5.74) is 5.84. The lowest BCUT2D eigenvalue weighted by atomic mass is 9.95. The number of nitrogens with two attached hydrogens (primary N) is 1. The Kier molecular flexibility index (Phi) is 46.8. The molecular formula is C79H123ClN8O17. The standard InChI is InChI=1S/2C16H23NO3.2C12H24N2O4.C12H13NO2.C11H15NO.ClH/c2*1-11(2)13(17-15(19)20-16(3,4)5)14(18)12-9-7-6-8-10-12;2*1-8(2)9(10(15)14(6)17-7)13-11(16)18-12(3,4)5;1-9(2)11(13-8-14)12(15)10-6-4-3-5-7-10;1-8(2)10(12)11(13)9-6-4-3-5-7-9;/h2*6-11,13H,1-5H3,(H,17,19);2*8-9H,1-7H3,(H,13,16);3-7,9,11H,1-2H3;3-8,10H,12H2,1-2H3;1H/t2*13-;2*9-;11-;10-;/m000000./s1. The average molecular weight is 1490 g/mol. The molecule has 588 valence electrons. The zero-order chi connectivity index (χ0) is 80.8. The zero-order valence-corrected chi connectivity index (χ0v) is 68.1. The molecule has 25 nitrogen and oxygen atoms in total. The van der Waals surface area contributed by atoms with Gasteiger partial charge < -0.3 is 45.9 Å². The van der Waals surface area contributed by atoms with Gasteiger partial charge in [-0.05, 0) is 119 Å². The number of nitrogens with zero attached hydrogens (tertiary/aromatic N) is 3. The number of isocyanates is 1. The molecule has 0 unspecified atom stereocenters. The molecule has 0 bridgehead atoms. The normalized spacial score (nSPS) is 12.7. The van der Waals surface area contributed by atoms with Crippen LogP contribution in [0, 0.1) is 35.5 Å². The predicted octanol–water partition coefficient (Wildman–Crippen LogP) is 14.5. The first-order valence-electron chi connectivity index (χ1n) is 34.7. The second kappa shape index (κ2) is 49.0. The summed E-state index contributed by atoms with van der Waals surface area (Å²) in [6.45, 7) is 43.8. The molecule has 4 aromatic rings. The highest BCUT2D eigenvalue weighted by Crippen LogP contribution is 2.18. The third kappa shape index (κ3) is 43.2. The number of carbonyl (C=O) groups is 10. The highest BCUT2D eigenvalue weighted by atomic mass is 35.5. The second-order valence-corrected chi connectivity index (χ2v) is 30.1. The number of hydroxylamine groups is 4. The van der Waals surface area contributed by atoms with Gasteiger partial charge in [0.05, 0.1) is 32.3 Å². The number of alkyl carbamates (subject to hydrolysis) is 4. The van der Waals surface area contributed by atoms with Crippen LogP contribution in [0.4, 0.5) is 19.2 Å². The van der Waals surface area contributed by atoms with Crippen LogP contribution < -0.4 is 27.0 Å². The number of amides is 6. The van der Waals surface area contributed by atoms with Crippen LogP contribution in [0.2, 0.25) is 0 Å². The molecule has 0 saturated carbocycles. The lowest BCUT2D eigenvalue weighted by Crippen LogP contribution is -2.51. The Balaban J connectivity index is -0.00000119. The number of nitrogens with one attached hydrogen (secondary N) is 4. The van der Waals surface area contributed by atoms with Crippen molar-refractivity contribution < 1.29 is 81.4 Å². The minimum atomic E-state index is -0.676. The second-order valence-electron chi connectivity index (χ2n) is 30.1. The fourth-order valence-corrected chi connectivity index (χ4v) is 8.41. The smallest absolute Gasteiger partial charge is 0.408 e. The van der Waals surface area contributed by atoms with Gasteiger partial charge in [0.1, 0.15) is 40.5 Å². The average Bonchev–Trinajstić information content (AvgIpc) is 0.849. The number of halogens is 1. The molecule has 0 aliphatic carbocycles. The summed E-state index contributed by atoms with van der Waals surface area (Å²) in [6.07, 6.45) is -0.908. The van der Waals surface area contributed by atoms with Crippen LogP contribution in [-0.4, -0.2) is 162 Å². The number of rotatable bonds is 23. The first-order chi connectivity index (χ1) is 47.9. The molecular weight excluding hydrogens is 1370 g/mol. The maximum absolute atomic E-state index is 12.4. The van der Waals surface area contributed by atoms with Crippen LogP contribution in [0.3, 0.4) is 0 Å². The summed E-state index contributed by atoms with van der Waals surface area (Å²) in [6, 6.07) is 32.4. The third-order valence-corrected chi connectivity index (χ3v) is 14.0. The summed E-state index contributed by atoms with van der Waals surface area (Å²) in [5.74, 6) is -0.943. The summed E-state index contributed by atoms with van der Waals surface area (Å²) < 4.78 is 20.6. The Morgan fingerprint density at radius 1 is 0.362 bits per heavy atom. The molecule has 105 heavy (non-hydrogen) atoms. The molecule has 6 atom stereocenters. The largest absolute Gasteiger partial charge is 0.444 e. The summed E-state index contributed by atoms with van der Waals surface area (Å²) in [7, 11) is 5.77. The lowest BCUT2D eigenvalue weighted by Gasteiger charge is -2.27. The maximum atomic E-state index is 12.4. The topological polar surface area (TPSA) is 336 Å². The first-order valence-corrected chi connectivity index (χ1v) is 34.7. The summed E-state index contributed by atoms with van der Waals surface area (Å²) in [4.78, 5) is 143. The third-order valence-electron chi connectivity index (χ3n) is 14.0. The lowest BCUT2D eigenvalue weighted by molar-refractivity contribution is -0.172. The number of aliphatic imine (C=N–C) groups is 1. The number of hydrogen-bond acceptors (Lipinski definition) is 19. The fourth-order valence-electron chi connectivity index (χ4n) is 8.41. The Morgan fingerprint density at radius 3 is 0.771 bits per heavy atom. The Morgan fingerprint density at radius 2 is 0.581 bits per heavy atom. The highest BCUT2D eigenvalue weighted by Gasteiger charge is 2.33. The maximum Gasteiger partial charge on any atom is 0.408 e. The Bertz CT molecular complexity index is 3150. The van der Waals surface area contributed by atoms with Crippen molar-refractivity contribution in [3.63, 3.8) is 0 Å². The molecule has 0 radical (unpaired) electrons. The van der Waals surface area contributed by atoms with Crippen molar-refractivity contribution in [2.75, 3.05) is 28.3 Å². The van der Waals surface area contributed by atoms with Gasteiger partial charge in [0.15, 0.2) is 23.1 Å². The number of benzene rings is 4. The number of carbonyl (C=O) groups excluding carboxylic acids is 11. The van der Waals surface area contributed by atoms with Crippen LogP contribution in [0.1, 0.15) is 208 Å². The van der Waals surface area contributed by atoms with Crippen molar-refractivity contribution >= 4 is 77.8 Å². The van der Waals surface area contributed by atoms with Gasteiger partial charge in [0.25, 0.3) is 11.8 Å². The van der Waals surface area contributed by atoms with Gasteiger partial charge in [-0.1, -0.05) is 204 Å². The zero-order valence-electron chi connectivity index (χ0n) is 67.2. The van der Waals surface area contributed by atoms with Crippen molar-refractivity contribution in [2.24, 2.45) is 46.2 Å². The molecule has 26 heteroatoms. The molecule has 6 N–H and O–H groups in total. The number of ether oxygens (including phenoxy) is 4. The van der Waals surface area contributed by atoms with E-state index < -0.39 is 77.0 Å². The molecule has 0 aliphatic heterocycles. The van der Waals surface area contributed by atoms with Gasteiger partial charge in [0.2, 0.25) is 6.08 Å². The number of Topliss-reactive ketones (excluding diaryl/α,β-unsaturated/α-hetero) is 4. The summed E-state index contributed by atoms with van der Waals surface area (Å²) >= 11 is 0. The van der Waals surface area contributed by atoms with Crippen LogP contribution >= 0.6 is 12.4 Å². The minimum Gasteiger partial charge on any atom is -0.444 e. The van der Waals surface area contributed by atoms with Crippen LogP contribution in [0.15, 0.2) is 126 Å². The number of ketones is 4. The molecule has 0 spiro atoms. The molecule has 6 amide bonds. The van der Waals surface area contributed by atoms with Gasteiger partial charge in [-0.15, -0.1) is 12.4 Å². The van der Waals surface area contributed by atoms with Gasteiger partial charge in [0, 0.05) is 36.3 Å². The van der Waals surface area contributed by atoms with E-state index in [1.54, 1.807) is 168 Å². The first kappa shape index (κ1) is 100. The van der Waals surface area contributed by atoms with Crippen LogP contribution in [0.25, 0.3) is 0 Å². The van der Waals surface area contributed by atoms with Crippen LogP contribution in [0.5, 0.6) is 0 Å². The van der Waals surface area contributed by atoms with Gasteiger partial charge >= 0.3 is 24.4 Å². The molecule has 0 fully saturated rings. The van der Waals surface area contributed by atoms with E-state index in [1.165, 1.54) is 34.4 Å². The van der Waals surface area contributed by atoms with Crippen molar-refractivity contribution in [3.8, 4) is 0 Å². The highest BCUT2D eigenvalue weighted by molar-refractivity contribution is 6.03. The van der Waals surface area contributed by atoms with Crippen molar-refractivity contribution in [1.82, 2.24) is 31.4 Å². The monoisotopic (exact) mass is 1490 g/mol. The summed E-state index contributed by atoms with van der Waals surface area (Å²) in [5, 5.41) is 12.6. The van der Waals surface area contributed by atoms with E-state index in [9.17, 15) is 52.7 Å². The van der Waals surface area contributed by atoms with E-state index in [-0.39, 0.29) is 88.9 Å². The molecule has 0 saturated heterocycles. The number of hydrogen-bond donors (Lipinski definition) is 5. The predicted molar refractivity (Wildman–Crippen MR) is 411 cm³/mol. The molecule has 4 rings (SSSR count). The van der Waals surface area contributed by atoms with Gasteiger partial charge in [-0.25, -0.2) is 34.1 Å². The Labute approximate surface area is 630 Å². The molecule has 0 aliphatic rings. The van der Waals surface area contributed by atoms with E-state index in [2.05, 4.69) is 26.3 Å². The SMILES string of the molecule is CC(C)[C@H](N)C(=O)c1ccccc1.CC(C)[C@H](N=C=O)C(=O)c1ccccc1.CC(C)[C@H](NC(=O)OC(C)(C)C)C(=O)c1ccccc1.CC(C)[C@H](NC(=O)OC(C)(C)C)C(=O)c1ccccc1.CON(C)C(=O)[C@@H](NC(=O)OC(C)(C)C)C(C)C.CON(C)C(=O)[C@@H](NC(=O)OC(C)(C)C)C(C)C.Cl. The van der Waals surface area contributed by atoms with E-state index in [4.69, 9.17) is 34.4 Å². The van der Waals surface area contributed by atoms with E-state index in [0.29, 0.717) is 22.3 Å². The number of likely N-dealkylation sites (N-methyl/N-ethyl adjacent to an activating group) is 2. The van der Waals surface area contributed by atoms with E-state index in [0.717, 1.165) is 10.1 Å². The van der Waals surface area contributed by atoms with Crippen LogP contribution in [-0.2, 0) is 43.0 Å².